The highest BCUT2D eigenvalue weighted by atomic mass is 28.3. The molecule has 146 valence electrons. The van der Waals surface area contributed by atoms with Crippen LogP contribution in [0.1, 0.15) is 38.9 Å². The van der Waals surface area contributed by atoms with Crippen molar-refractivity contribution in [3.63, 3.8) is 0 Å². The van der Waals surface area contributed by atoms with Crippen molar-refractivity contribution in [3.8, 4) is 0 Å². The highest BCUT2D eigenvalue weighted by Crippen LogP contribution is 2.21. The SMILES string of the molecule is Cc1cc(C)c([SiH](c2c(C)cc(C)cc2C)N([SiH3])c2ccccc2C)c(C)c1. The first-order valence-electron chi connectivity index (χ1n) is 10.1. The molecule has 0 unspecified atom stereocenters. The molecule has 0 aliphatic carbocycles. The van der Waals surface area contributed by atoms with Crippen molar-refractivity contribution in [2.45, 2.75) is 48.5 Å². The third kappa shape index (κ3) is 3.87. The Hall–Kier alpha value is -2.11. The number of benzene rings is 3. The molecule has 0 N–H and O–H groups in total. The Morgan fingerprint density at radius 1 is 0.607 bits per heavy atom. The van der Waals surface area contributed by atoms with Crippen LogP contribution in [-0.2, 0) is 0 Å². The Balaban J connectivity index is 2.32. The van der Waals surface area contributed by atoms with Crippen molar-refractivity contribution in [1.29, 1.82) is 0 Å². The summed E-state index contributed by atoms with van der Waals surface area (Å²) in [7, 11) is -0.592. The molecule has 0 fully saturated rings. The van der Waals surface area contributed by atoms with E-state index in [2.05, 4.69) is 101 Å². The van der Waals surface area contributed by atoms with E-state index in [1.165, 1.54) is 44.6 Å². The van der Waals surface area contributed by atoms with E-state index < -0.39 is 8.96 Å². The lowest BCUT2D eigenvalue weighted by Gasteiger charge is -2.35. The van der Waals surface area contributed by atoms with Gasteiger partial charge in [0.1, 0.15) is 0 Å². The predicted molar refractivity (Wildman–Crippen MR) is 131 cm³/mol. The zero-order valence-electron chi connectivity index (χ0n) is 18.6. The molecule has 0 atom stereocenters. The van der Waals surface area contributed by atoms with Gasteiger partial charge in [-0.2, -0.15) is 0 Å². The van der Waals surface area contributed by atoms with Crippen LogP contribution in [0.3, 0.4) is 0 Å². The van der Waals surface area contributed by atoms with E-state index in [0.29, 0.717) is 0 Å². The molecule has 0 heterocycles. The summed E-state index contributed by atoms with van der Waals surface area (Å²) in [5.74, 6) is 0. The van der Waals surface area contributed by atoms with Crippen LogP contribution in [0.2, 0.25) is 0 Å². The summed E-state index contributed by atoms with van der Waals surface area (Å²) in [4.78, 5) is 0. The molecule has 0 saturated carbocycles. The summed E-state index contributed by atoms with van der Waals surface area (Å²) < 4.78 is 2.74. The van der Waals surface area contributed by atoms with Crippen molar-refractivity contribution < 1.29 is 0 Å². The predicted octanol–water partition coefficient (Wildman–Crippen LogP) is 3.47. The standard InChI is InChI=1S/C25H33NSi2/c1-16-12-19(4)24(20(5)13-16)28(25-21(6)14-17(2)15-22(25)7)26(27)23-11-9-8-10-18(23)3/h8-15,28H,1-7,27H3. The molecule has 0 amide bonds. The summed E-state index contributed by atoms with van der Waals surface area (Å²) in [6.45, 7) is 15.9. The fourth-order valence-corrected chi connectivity index (χ4v) is 10.6. The van der Waals surface area contributed by atoms with Gasteiger partial charge in [0, 0.05) is 5.69 Å². The summed E-state index contributed by atoms with van der Waals surface area (Å²) in [5.41, 5.74) is 11.3. The maximum atomic E-state index is 2.74. The minimum Gasteiger partial charge on any atom is -0.427 e. The van der Waals surface area contributed by atoms with Gasteiger partial charge in [-0.15, -0.1) is 0 Å². The molecule has 3 rings (SSSR count). The first-order valence-corrected chi connectivity index (χ1v) is 12.7. The van der Waals surface area contributed by atoms with Gasteiger partial charge in [0.2, 0.25) is 0 Å². The van der Waals surface area contributed by atoms with Crippen LogP contribution in [-0.4, -0.2) is 19.4 Å². The van der Waals surface area contributed by atoms with Gasteiger partial charge in [0.25, 0.3) is 0 Å². The molecule has 3 aromatic rings. The van der Waals surface area contributed by atoms with Crippen LogP contribution in [0.25, 0.3) is 0 Å². The van der Waals surface area contributed by atoms with E-state index in [4.69, 9.17) is 0 Å². The number of hydrogen-bond donors (Lipinski definition) is 0. The van der Waals surface area contributed by atoms with Crippen LogP contribution in [0.4, 0.5) is 5.69 Å². The molecule has 0 aliphatic heterocycles. The first kappa shape index (κ1) is 20.6. The molecule has 0 saturated heterocycles. The van der Waals surface area contributed by atoms with Gasteiger partial charge in [-0.3, -0.25) is 0 Å². The first-order chi connectivity index (χ1) is 13.2. The van der Waals surface area contributed by atoms with E-state index in [1.54, 1.807) is 10.4 Å². The number of anilines is 1. The van der Waals surface area contributed by atoms with E-state index in [0.717, 1.165) is 10.4 Å². The van der Waals surface area contributed by atoms with Crippen LogP contribution in [0, 0.1) is 48.5 Å². The minimum absolute atomic E-state index is 1.01. The lowest BCUT2D eigenvalue weighted by molar-refractivity contribution is 1.32. The Morgan fingerprint density at radius 3 is 1.39 bits per heavy atom. The highest BCUT2D eigenvalue weighted by Gasteiger charge is 2.28. The number of aryl methyl sites for hydroxylation is 7. The average Bonchev–Trinajstić information content (AvgIpc) is 2.58. The van der Waals surface area contributed by atoms with Gasteiger partial charge in [-0.1, -0.05) is 53.6 Å². The quantitative estimate of drug-likeness (QED) is 0.603. The molecule has 0 aliphatic rings. The minimum atomic E-state index is -1.60. The van der Waals surface area contributed by atoms with Crippen LogP contribution in [0.15, 0.2) is 48.5 Å². The van der Waals surface area contributed by atoms with Gasteiger partial charge in [-0.25, -0.2) is 0 Å². The van der Waals surface area contributed by atoms with E-state index in [-0.39, 0.29) is 0 Å². The lowest BCUT2D eigenvalue weighted by Crippen LogP contribution is -2.59. The van der Waals surface area contributed by atoms with Crippen molar-refractivity contribution in [1.82, 2.24) is 0 Å². The Bertz CT molecular complexity index is 919. The van der Waals surface area contributed by atoms with Crippen molar-refractivity contribution in [2.75, 3.05) is 4.23 Å². The molecular weight excluding hydrogens is 370 g/mol. The van der Waals surface area contributed by atoms with Gasteiger partial charge in [0.05, 0.1) is 10.4 Å². The van der Waals surface area contributed by atoms with E-state index in [9.17, 15) is 0 Å². The summed E-state index contributed by atoms with van der Waals surface area (Å²) in [5, 5.41) is 3.19. The van der Waals surface area contributed by atoms with Crippen molar-refractivity contribution in [2.24, 2.45) is 0 Å². The summed E-state index contributed by atoms with van der Waals surface area (Å²) in [6.07, 6.45) is 0. The number of rotatable bonds is 4. The topological polar surface area (TPSA) is 3.24 Å². The Kier molecular flexibility index (Phi) is 5.96. The smallest absolute Gasteiger partial charge is 0.196 e. The molecule has 0 spiro atoms. The number of nitrogens with zero attached hydrogens (tertiary/aromatic N) is 1. The van der Waals surface area contributed by atoms with Crippen molar-refractivity contribution in [3.05, 3.63) is 87.5 Å². The second kappa shape index (κ2) is 8.10. The normalized spacial score (nSPS) is 11.3. The second-order valence-corrected chi connectivity index (χ2v) is 13.2. The Labute approximate surface area is 175 Å². The maximum Gasteiger partial charge on any atom is 0.196 e. The fraction of sp³-hybridized carbons (Fsp3) is 0.280. The molecular formula is C25H33NSi2. The van der Waals surface area contributed by atoms with Crippen LogP contribution < -0.4 is 14.6 Å². The van der Waals surface area contributed by atoms with Gasteiger partial charge < -0.3 is 4.23 Å². The third-order valence-corrected chi connectivity index (χ3v) is 11.9. The van der Waals surface area contributed by atoms with Gasteiger partial charge in [0.15, 0.2) is 8.96 Å². The summed E-state index contributed by atoms with van der Waals surface area (Å²) in [6, 6.07) is 18.4. The molecule has 3 aromatic carbocycles. The van der Waals surface area contributed by atoms with E-state index in [1.807, 2.05) is 0 Å². The van der Waals surface area contributed by atoms with Crippen molar-refractivity contribution >= 4 is 35.4 Å². The molecule has 3 heteroatoms. The largest absolute Gasteiger partial charge is 0.427 e. The van der Waals surface area contributed by atoms with Crippen LogP contribution in [0.5, 0.6) is 0 Å². The second-order valence-electron chi connectivity index (χ2n) is 8.42. The molecule has 0 bridgehead atoms. The zero-order chi connectivity index (χ0) is 20.6. The monoisotopic (exact) mass is 403 g/mol. The van der Waals surface area contributed by atoms with Crippen LogP contribution >= 0.6 is 0 Å². The van der Waals surface area contributed by atoms with Gasteiger partial charge >= 0.3 is 0 Å². The molecule has 0 aromatic heterocycles. The molecule has 28 heavy (non-hydrogen) atoms. The molecule has 1 nitrogen and oxygen atoms in total. The highest BCUT2D eigenvalue weighted by molar-refractivity contribution is 6.93. The summed E-state index contributed by atoms with van der Waals surface area (Å²) >= 11 is 0. The number of para-hydroxylation sites is 1. The average molecular weight is 404 g/mol. The molecule has 0 radical (unpaired) electrons. The Morgan fingerprint density at radius 2 is 1.00 bits per heavy atom. The fourth-order valence-electron chi connectivity index (χ4n) is 4.87. The maximum absolute atomic E-state index is 2.74. The lowest BCUT2D eigenvalue weighted by atomic mass is 10.1. The third-order valence-electron chi connectivity index (χ3n) is 5.91. The number of hydrogen-bond acceptors (Lipinski definition) is 1. The van der Waals surface area contributed by atoms with E-state index >= 15 is 0 Å². The zero-order valence-corrected chi connectivity index (χ0v) is 21.8. The van der Waals surface area contributed by atoms with Gasteiger partial charge in [-0.05, 0) is 92.7 Å².